The number of nitrogens with zero attached hydrogens (tertiary/aromatic N) is 2. The maximum atomic E-state index is 11.8. The molecule has 7 heteroatoms. The Morgan fingerprint density at radius 2 is 2.05 bits per heavy atom. The molecule has 0 amide bonds. The number of ether oxygens (including phenoxy) is 2. The fourth-order valence-corrected chi connectivity index (χ4v) is 4.94. The Morgan fingerprint density at radius 3 is 2.62 bits per heavy atom. The molecule has 2 aromatic rings. The highest BCUT2D eigenvalue weighted by atomic mass is 16.5. The maximum Gasteiger partial charge on any atom is 0.148 e. The van der Waals surface area contributed by atoms with Crippen LogP contribution in [-0.2, 0) is 22.5 Å². The second kappa shape index (κ2) is 12.7. The Balaban J connectivity index is 2.14. The molecular formula is C32H43N3O4. The van der Waals surface area contributed by atoms with E-state index in [-0.39, 0.29) is 18.1 Å². The molecule has 1 aliphatic heterocycles. The van der Waals surface area contributed by atoms with Crippen molar-refractivity contribution in [3.63, 3.8) is 0 Å². The highest BCUT2D eigenvalue weighted by Crippen LogP contribution is 2.38. The van der Waals surface area contributed by atoms with Crippen molar-refractivity contribution >= 4 is 22.9 Å². The summed E-state index contributed by atoms with van der Waals surface area (Å²) in [6, 6.07) is 6.03. The average Bonchev–Trinajstić information content (AvgIpc) is 3.21. The van der Waals surface area contributed by atoms with E-state index >= 15 is 0 Å². The molecule has 7 nitrogen and oxygen atoms in total. The number of likely N-dealkylation sites (N-methyl/N-ethyl adjacent to an activating group) is 1. The molecule has 0 saturated heterocycles. The Bertz CT molecular complexity index is 1300. The van der Waals surface area contributed by atoms with Crippen molar-refractivity contribution in [3.8, 4) is 5.75 Å². The lowest BCUT2D eigenvalue weighted by molar-refractivity contribution is -0.105. The smallest absolute Gasteiger partial charge is 0.148 e. The lowest BCUT2D eigenvalue weighted by atomic mass is 9.84. The molecule has 2 heterocycles. The minimum Gasteiger partial charge on any atom is -0.485 e. The zero-order chi connectivity index (χ0) is 28.9. The fourth-order valence-electron chi connectivity index (χ4n) is 4.94. The van der Waals surface area contributed by atoms with Gasteiger partial charge in [0.2, 0.25) is 0 Å². The normalized spacial score (nSPS) is 16.6. The van der Waals surface area contributed by atoms with Crippen LogP contribution in [0.2, 0.25) is 0 Å². The number of aromatic nitrogens is 1. The number of hydrogen-bond acceptors (Lipinski definition) is 7. The molecule has 2 unspecified atom stereocenters. The maximum absolute atomic E-state index is 11.8. The predicted octanol–water partition coefficient (Wildman–Crippen LogP) is 4.84. The van der Waals surface area contributed by atoms with Gasteiger partial charge in [-0.2, -0.15) is 0 Å². The van der Waals surface area contributed by atoms with E-state index in [2.05, 4.69) is 57.1 Å². The molecule has 3 rings (SSSR count). The lowest BCUT2D eigenvalue weighted by Gasteiger charge is -2.30. The first-order valence-electron chi connectivity index (χ1n) is 13.4. The van der Waals surface area contributed by atoms with Gasteiger partial charge < -0.3 is 24.8 Å². The summed E-state index contributed by atoms with van der Waals surface area (Å²) in [5, 5.41) is 14.9. The molecule has 0 bridgehead atoms. The van der Waals surface area contributed by atoms with Crippen LogP contribution in [0.3, 0.4) is 0 Å². The largest absolute Gasteiger partial charge is 0.485 e. The van der Waals surface area contributed by atoms with Crippen molar-refractivity contribution in [1.29, 1.82) is 0 Å². The van der Waals surface area contributed by atoms with Gasteiger partial charge in [0.25, 0.3) is 0 Å². The second-order valence-corrected chi connectivity index (χ2v) is 11.0. The van der Waals surface area contributed by atoms with Gasteiger partial charge in [-0.25, -0.2) is 4.98 Å². The SMILES string of the molecule is C=CC(O)C(/C=C1/c2nc3ccc(OC(CNC)C(=C)C(C)(C)C)cc3c(CC)c2CN1C)=C(/C=O)COC. The van der Waals surface area contributed by atoms with E-state index in [9.17, 15) is 9.90 Å². The molecule has 1 aromatic heterocycles. The first-order valence-corrected chi connectivity index (χ1v) is 13.4. The van der Waals surface area contributed by atoms with Crippen molar-refractivity contribution in [1.82, 2.24) is 15.2 Å². The number of aldehydes is 1. The summed E-state index contributed by atoms with van der Waals surface area (Å²) >= 11 is 0. The van der Waals surface area contributed by atoms with E-state index in [0.717, 1.165) is 51.9 Å². The van der Waals surface area contributed by atoms with Crippen LogP contribution < -0.4 is 10.1 Å². The molecule has 0 fully saturated rings. The number of rotatable bonds is 12. The molecule has 39 heavy (non-hydrogen) atoms. The third-order valence-electron chi connectivity index (χ3n) is 7.25. The Kier molecular flexibility index (Phi) is 9.88. The number of aryl methyl sites for hydroxylation is 1. The van der Waals surface area contributed by atoms with Gasteiger partial charge in [0.05, 0.1) is 29.6 Å². The summed E-state index contributed by atoms with van der Waals surface area (Å²) < 4.78 is 11.7. The minimum atomic E-state index is -1.01. The van der Waals surface area contributed by atoms with Gasteiger partial charge in [-0.3, -0.25) is 4.79 Å². The van der Waals surface area contributed by atoms with Gasteiger partial charge in [-0.05, 0) is 59.9 Å². The van der Waals surface area contributed by atoms with Gasteiger partial charge in [0, 0.05) is 43.8 Å². The Labute approximate surface area is 232 Å². The Hall–Kier alpha value is -3.26. The summed E-state index contributed by atoms with van der Waals surface area (Å²) in [5.74, 6) is 0.779. The Morgan fingerprint density at radius 1 is 1.33 bits per heavy atom. The second-order valence-electron chi connectivity index (χ2n) is 11.0. The molecule has 1 aliphatic rings. The average molecular weight is 534 g/mol. The summed E-state index contributed by atoms with van der Waals surface area (Å²) in [5.41, 5.74) is 6.66. The number of nitrogens with one attached hydrogen (secondary N) is 1. The number of fused-ring (bicyclic) bond motifs is 2. The molecule has 0 saturated carbocycles. The van der Waals surface area contributed by atoms with E-state index in [4.69, 9.17) is 14.5 Å². The molecule has 0 radical (unpaired) electrons. The summed E-state index contributed by atoms with van der Waals surface area (Å²) in [6.07, 6.45) is 3.61. The summed E-state index contributed by atoms with van der Waals surface area (Å²) in [6.45, 7) is 18.0. The van der Waals surface area contributed by atoms with Crippen LogP contribution in [0, 0.1) is 5.41 Å². The minimum absolute atomic E-state index is 0.0813. The van der Waals surface area contributed by atoms with Crippen LogP contribution in [0.5, 0.6) is 5.75 Å². The highest BCUT2D eigenvalue weighted by molar-refractivity contribution is 5.89. The summed E-state index contributed by atoms with van der Waals surface area (Å²) in [4.78, 5) is 19.0. The zero-order valence-electron chi connectivity index (χ0n) is 24.4. The number of aliphatic hydroxyl groups excluding tert-OH is 1. The van der Waals surface area contributed by atoms with Crippen molar-refractivity contribution in [3.05, 3.63) is 77.0 Å². The van der Waals surface area contributed by atoms with Gasteiger partial charge in [-0.15, -0.1) is 6.58 Å². The summed E-state index contributed by atoms with van der Waals surface area (Å²) in [7, 11) is 5.42. The van der Waals surface area contributed by atoms with Crippen LogP contribution >= 0.6 is 0 Å². The van der Waals surface area contributed by atoms with Crippen molar-refractivity contribution in [2.45, 2.75) is 52.9 Å². The number of hydrogen-bond donors (Lipinski definition) is 2. The number of pyridine rings is 1. The van der Waals surface area contributed by atoms with Gasteiger partial charge in [0.15, 0.2) is 0 Å². The molecular weight excluding hydrogens is 490 g/mol. The standard InChI is InChI=1S/C32H43N3O4/c1-10-23-25-14-22(39-30(16-33-7)20(3)32(4,5)6)12-13-27(25)34-31-26(23)17-35(8)28(31)15-24(29(37)11-2)21(18-36)19-38-9/h11-15,18,29-30,33,37H,2-3,10,16-17,19H2,1,4-9H3/b24-21-,28-15-. The van der Waals surface area contributed by atoms with E-state index in [1.54, 1.807) is 0 Å². The third-order valence-corrected chi connectivity index (χ3v) is 7.25. The highest BCUT2D eigenvalue weighted by Gasteiger charge is 2.29. The topological polar surface area (TPSA) is 83.9 Å². The van der Waals surface area contributed by atoms with Gasteiger partial charge in [-0.1, -0.05) is 40.3 Å². The van der Waals surface area contributed by atoms with Crippen molar-refractivity contribution < 1.29 is 19.4 Å². The number of methoxy groups -OCH3 is 1. The number of aliphatic hydroxyl groups is 1. The number of carbonyl (C=O) groups excluding carboxylic acids is 1. The first kappa shape index (κ1) is 30.3. The van der Waals surface area contributed by atoms with E-state index in [0.29, 0.717) is 24.2 Å². The van der Waals surface area contributed by atoms with E-state index in [1.165, 1.54) is 18.7 Å². The lowest BCUT2D eigenvalue weighted by Crippen LogP contribution is -2.35. The van der Waals surface area contributed by atoms with E-state index < -0.39 is 6.10 Å². The van der Waals surface area contributed by atoms with Crippen LogP contribution in [0.25, 0.3) is 16.6 Å². The van der Waals surface area contributed by atoms with E-state index in [1.807, 2.05) is 32.3 Å². The van der Waals surface area contributed by atoms with Gasteiger partial charge >= 0.3 is 0 Å². The van der Waals surface area contributed by atoms with Crippen LogP contribution in [-0.4, -0.2) is 67.8 Å². The molecule has 1 aromatic carbocycles. The molecule has 210 valence electrons. The quantitative estimate of drug-likeness (QED) is 0.229. The van der Waals surface area contributed by atoms with Crippen molar-refractivity contribution in [2.24, 2.45) is 5.41 Å². The van der Waals surface area contributed by atoms with Gasteiger partial charge in [0.1, 0.15) is 18.1 Å². The zero-order valence-corrected chi connectivity index (χ0v) is 24.4. The first-order chi connectivity index (χ1) is 18.5. The van der Waals surface area contributed by atoms with Crippen LogP contribution in [0.4, 0.5) is 0 Å². The molecule has 2 atom stereocenters. The monoisotopic (exact) mass is 533 g/mol. The molecule has 2 N–H and O–H groups in total. The molecule has 0 spiro atoms. The third kappa shape index (κ3) is 6.49. The molecule has 0 aliphatic carbocycles. The van der Waals surface area contributed by atoms with Crippen molar-refractivity contribution in [2.75, 3.05) is 34.4 Å². The number of benzene rings is 1. The van der Waals surface area contributed by atoms with Crippen LogP contribution in [0.1, 0.15) is 44.5 Å². The fraction of sp³-hybridized carbons (Fsp3) is 0.438. The number of carbonyl (C=O) groups is 1. The predicted molar refractivity (Wildman–Crippen MR) is 159 cm³/mol. The van der Waals surface area contributed by atoms with Crippen LogP contribution in [0.15, 0.2) is 60.2 Å².